The molecule has 2 aromatic carbocycles. The first-order valence-electron chi connectivity index (χ1n) is 8.37. The Kier molecular flexibility index (Phi) is 5.81. The van der Waals surface area contributed by atoms with Gasteiger partial charge in [0.05, 0.1) is 4.90 Å². The molecule has 0 bridgehead atoms. The molecule has 0 saturated carbocycles. The lowest BCUT2D eigenvalue weighted by molar-refractivity contribution is -0.136. The van der Waals surface area contributed by atoms with Crippen molar-refractivity contribution < 1.29 is 21.6 Å². The quantitative estimate of drug-likeness (QED) is 0.606. The van der Waals surface area contributed by atoms with Crippen LogP contribution >= 0.6 is 0 Å². The van der Waals surface area contributed by atoms with Crippen LogP contribution in [0.3, 0.4) is 0 Å². The number of nitrogens with zero attached hydrogens (tertiary/aromatic N) is 2. The van der Waals surface area contributed by atoms with Crippen LogP contribution in [-0.4, -0.2) is 30.4 Å². The highest BCUT2D eigenvalue weighted by atomic mass is 32.2. The molecule has 0 aliphatic carbocycles. The van der Waals surface area contributed by atoms with Gasteiger partial charge in [-0.3, -0.25) is 4.98 Å². The molecular weight excluding hydrogens is 389 g/mol. The Morgan fingerprint density at radius 1 is 0.857 bits per heavy atom. The third-order valence-corrected chi connectivity index (χ3v) is 5.84. The molecule has 0 spiro atoms. The van der Waals surface area contributed by atoms with Gasteiger partial charge in [-0.15, -0.1) is 0 Å². The van der Waals surface area contributed by atoms with E-state index in [9.17, 15) is 21.6 Å². The van der Waals surface area contributed by atoms with Crippen molar-refractivity contribution in [3.8, 4) is 11.1 Å². The van der Waals surface area contributed by atoms with Crippen molar-refractivity contribution in [1.29, 1.82) is 0 Å². The predicted molar refractivity (Wildman–Crippen MR) is 99.8 cm³/mol. The number of hydrogen-bond acceptors (Lipinski definition) is 3. The molecule has 0 aliphatic rings. The minimum Gasteiger partial charge on any atom is -0.264 e. The van der Waals surface area contributed by atoms with Gasteiger partial charge in [-0.1, -0.05) is 48.5 Å². The molecule has 3 aromatic rings. The van der Waals surface area contributed by atoms with E-state index < -0.39 is 29.3 Å². The zero-order chi connectivity index (χ0) is 20.2. The van der Waals surface area contributed by atoms with E-state index in [2.05, 4.69) is 4.98 Å². The van der Waals surface area contributed by atoms with Gasteiger partial charge < -0.3 is 0 Å². The Labute approximate surface area is 161 Å². The van der Waals surface area contributed by atoms with Gasteiger partial charge in [0.1, 0.15) is 6.54 Å². The molecule has 0 unspecified atom stereocenters. The highest BCUT2D eigenvalue weighted by Gasteiger charge is 2.37. The third-order valence-electron chi connectivity index (χ3n) is 4.04. The molecule has 0 atom stereocenters. The zero-order valence-electron chi connectivity index (χ0n) is 14.7. The van der Waals surface area contributed by atoms with E-state index in [1.165, 1.54) is 30.6 Å². The van der Waals surface area contributed by atoms with Crippen LogP contribution in [-0.2, 0) is 16.6 Å². The highest BCUT2D eigenvalue weighted by molar-refractivity contribution is 7.89. The van der Waals surface area contributed by atoms with E-state index in [-0.39, 0.29) is 4.90 Å². The summed E-state index contributed by atoms with van der Waals surface area (Å²) in [6.07, 6.45) is -1.86. The van der Waals surface area contributed by atoms with Crippen LogP contribution in [0.25, 0.3) is 11.1 Å². The molecule has 28 heavy (non-hydrogen) atoms. The minimum absolute atomic E-state index is 0.194. The number of alkyl halides is 3. The van der Waals surface area contributed by atoms with Gasteiger partial charge in [0.25, 0.3) is 0 Å². The summed E-state index contributed by atoms with van der Waals surface area (Å²) in [5.74, 6) is 0. The first-order chi connectivity index (χ1) is 13.3. The van der Waals surface area contributed by atoms with Gasteiger partial charge in [0, 0.05) is 18.9 Å². The topological polar surface area (TPSA) is 50.3 Å². The average molecular weight is 406 g/mol. The molecule has 0 aliphatic heterocycles. The molecule has 1 heterocycles. The van der Waals surface area contributed by atoms with E-state index in [0.29, 0.717) is 9.87 Å². The van der Waals surface area contributed by atoms with E-state index in [1.807, 2.05) is 30.3 Å². The molecule has 0 saturated heterocycles. The van der Waals surface area contributed by atoms with Gasteiger partial charge >= 0.3 is 6.18 Å². The Balaban J connectivity index is 1.92. The summed E-state index contributed by atoms with van der Waals surface area (Å²) in [6.45, 7) is -2.00. The zero-order valence-corrected chi connectivity index (χ0v) is 15.5. The van der Waals surface area contributed by atoms with Crippen LogP contribution in [0.1, 0.15) is 5.56 Å². The number of aromatic nitrogens is 1. The van der Waals surface area contributed by atoms with Crippen LogP contribution < -0.4 is 0 Å². The Hall–Kier alpha value is -2.71. The van der Waals surface area contributed by atoms with Crippen molar-refractivity contribution >= 4 is 10.0 Å². The second-order valence-corrected chi connectivity index (χ2v) is 8.08. The van der Waals surface area contributed by atoms with Crippen LogP contribution in [0.2, 0.25) is 0 Å². The van der Waals surface area contributed by atoms with Crippen LogP contribution in [0, 0.1) is 0 Å². The number of benzene rings is 2. The number of rotatable bonds is 6. The van der Waals surface area contributed by atoms with E-state index in [4.69, 9.17) is 0 Å². The lowest BCUT2D eigenvalue weighted by Gasteiger charge is -2.23. The minimum atomic E-state index is -4.67. The maximum absolute atomic E-state index is 13.0. The molecule has 0 radical (unpaired) electrons. The number of pyridine rings is 1. The van der Waals surface area contributed by atoms with Crippen molar-refractivity contribution in [1.82, 2.24) is 9.29 Å². The summed E-state index contributed by atoms with van der Waals surface area (Å²) >= 11 is 0. The van der Waals surface area contributed by atoms with Crippen molar-refractivity contribution in [3.05, 3.63) is 84.7 Å². The Bertz CT molecular complexity index is 1010. The third kappa shape index (κ3) is 4.96. The van der Waals surface area contributed by atoms with Gasteiger partial charge in [-0.25, -0.2) is 8.42 Å². The van der Waals surface area contributed by atoms with Crippen molar-refractivity contribution in [3.63, 3.8) is 0 Å². The van der Waals surface area contributed by atoms with Gasteiger partial charge in [0.2, 0.25) is 10.0 Å². The second kappa shape index (κ2) is 8.12. The largest absolute Gasteiger partial charge is 0.402 e. The smallest absolute Gasteiger partial charge is 0.264 e. The van der Waals surface area contributed by atoms with Crippen LogP contribution in [0.15, 0.2) is 84.0 Å². The molecule has 3 rings (SSSR count). The summed E-state index contributed by atoms with van der Waals surface area (Å²) in [5, 5.41) is 0. The molecule has 0 amide bonds. The Morgan fingerprint density at radius 3 is 2.07 bits per heavy atom. The summed E-state index contributed by atoms with van der Waals surface area (Å²) in [5.41, 5.74) is 2.03. The highest BCUT2D eigenvalue weighted by Crippen LogP contribution is 2.26. The first kappa shape index (κ1) is 20.0. The lowest BCUT2D eigenvalue weighted by Crippen LogP contribution is -2.38. The maximum Gasteiger partial charge on any atom is 0.402 e. The van der Waals surface area contributed by atoms with Gasteiger partial charge in [0.15, 0.2) is 0 Å². The van der Waals surface area contributed by atoms with E-state index in [0.717, 1.165) is 11.1 Å². The maximum atomic E-state index is 13.0. The number of sulfonamides is 1. The fourth-order valence-electron chi connectivity index (χ4n) is 2.72. The van der Waals surface area contributed by atoms with Gasteiger partial charge in [-0.2, -0.15) is 17.5 Å². The first-order valence-corrected chi connectivity index (χ1v) is 9.81. The summed E-state index contributed by atoms with van der Waals surface area (Å²) in [7, 11) is -4.35. The molecule has 8 heteroatoms. The molecule has 1 aromatic heterocycles. The van der Waals surface area contributed by atoms with Gasteiger partial charge in [-0.05, 0) is 34.9 Å². The number of hydrogen-bond donors (Lipinski definition) is 0. The normalized spacial score (nSPS) is 12.3. The standard InChI is InChI=1S/C20H17F3N2O2S/c21-20(22,23)15-25(14-16-5-4-12-24-13-16)28(26,27)19-10-8-18(9-11-19)17-6-2-1-3-7-17/h1-13H,14-15H2. The second-order valence-electron chi connectivity index (χ2n) is 6.14. The predicted octanol–water partition coefficient (Wildman–Crippen LogP) is 4.50. The SMILES string of the molecule is O=S(=O)(c1ccc(-c2ccccc2)cc1)N(Cc1cccnc1)CC(F)(F)F. The van der Waals surface area contributed by atoms with Crippen LogP contribution in [0.5, 0.6) is 0 Å². The summed E-state index contributed by atoms with van der Waals surface area (Å²) in [6, 6.07) is 18.2. The average Bonchev–Trinajstić information content (AvgIpc) is 2.68. The summed E-state index contributed by atoms with van der Waals surface area (Å²) < 4.78 is 65.2. The van der Waals surface area contributed by atoms with Crippen molar-refractivity contribution in [2.75, 3.05) is 6.54 Å². The van der Waals surface area contributed by atoms with E-state index >= 15 is 0 Å². The van der Waals surface area contributed by atoms with Crippen molar-refractivity contribution in [2.45, 2.75) is 17.6 Å². The molecular formula is C20H17F3N2O2S. The fraction of sp³-hybridized carbons (Fsp3) is 0.150. The van der Waals surface area contributed by atoms with Crippen molar-refractivity contribution in [2.24, 2.45) is 0 Å². The monoisotopic (exact) mass is 406 g/mol. The fourth-order valence-corrected chi connectivity index (χ4v) is 4.13. The molecule has 4 nitrogen and oxygen atoms in total. The Morgan fingerprint density at radius 2 is 1.50 bits per heavy atom. The molecule has 0 N–H and O–H groups in total. The summed E-state index contributed by atoms with van der Waals surface area (Å²) in [4.78, 5) is 3.64. The number of halogens is 3. The van der Waals surface area contributed by atoms with E-state index in [1.54, 1.807) is 18.2 Å². The molecule has 146 valence electrons. The molecule has 0 fully saturated rings. The lowest BCUT2D eigenvalue weighted by atomic mass is 10.1. The van der Waals surface area contributed by atoms with Crippen LogP contribution in [0.4, 0.5) is 13.2 Å².